The Bertz CT molecular complexity index is 429. The van der Waals surface area contributed by atoms with Gasteiger partial charge in [0.05, 0.1) is 10.8 Å². The minimum Gasteiger partial charge on any atom is -0.360 e. The molecule has 0 amide bonds. The van der Waals surface area contributed by atoms with Gasteiger partial charge in [-0.3, -0.25) is 0 Å². The SMILES string of the molecule is CCNc1nnc(CSc2ccccn2)s1. The van der Waals surface area contributed by atoms with Gasteiger partial charge in [0.15, 0.2) is 0 Å². The summed E-state index contributed by atoms with van der Waals surface area (Å²) in [5.74, 6) is 0.820. The number of pyridine rings is 1. The van der Waals surface area contributed by atoms with E-state index in [2.05, 4.69) is 20.5 Å². The molecule has 0 fully saturated rings. The molecule has 2 aromatic rings. The Kier molecular flexibility index (Phi) is 4.12. The molecule has 0 aliphatic carbocycles. The maximum Gasteiger partial charge on any atom is 0.205 e. The zero-order valence-electron chi connectivity index (χ0n) is 8.88. The van der Waals surface area contributed by atoms with E-state index < -0.39 is 0 Å². The smallest absolute Gasteiger partial charge is 0.205 e. The summed E-state index contributed by atoms with van der Waals surface area (Å²) < 4.78 is 0. The van der Waals surface area contributed by atoms with Crippen LogP contribution in [0.25, 0.3) is 0 Å². The molecular weight excluding hydrogens is 240 g/mol. The zero-order valence-corrected chi connectivity index (χ0v) is 10.5. The molecule has 6 heteroatoms. The molecule has 84 valence electrons. The molecule has 0 unspecified atom stereocenters. The molecule has 2 aromatic heterocycles. The third-order valence-corrected chi connectivity index (χ3v) is 3.79. The Morgan fingerprint density at radius 3 is 3.06 bits per heavy atom. The van der Waals surface area contributed by atoms with Gasteiger partial charge in [0.2, 0.25) is 5.13 Å². The van der Waals surface area contributed by atoms with Gasteiger partial charge in [-0.25, -0.2) is 4.98 Å². The average Bonchev–Trinajstić information content (AvgIpc) is 2.76. The molecule has 4 nitrogen and oxygen atoms in total. The van der Waals surface area contributed by atoms with Crippen molar-refractivity contribution in [3.8, 4) is 0 Å². The van der Waals surface area contributed by atoms with Crippen molar-refractivity contribution in [2.24, 2.45) is 0 Å². The van der Waals surface area contributed by atoms with Crippen LogP contribution in [0.5, 0.6) is 0 Å². The minimum absolute atomic E-state index is 0.820. The maximum absolute atomic E-state index is 4.24. The van der Waals surface area contributed by atoms with E-state index in [4.69, 9.17) is 0 Å². The quantitative estimate of drug-likeness (QED) is 0.829. The van der Waals surface area contributed by atoms with Crippen molar-refractivity contribution in [3.05, 3.63) is 29.4 Å². The van der Waals surface area contributed by atoms with Gasteiger partial charge in [0.25, 0.3) is 0 Å². The van der Waals surface area contributed by atoms with Crippen LogP contribution in [-0.4, -0.2) is 21.7 Å². The third kappa shape index (κ3) is 3.18. The summed E-state index contributed by atoms with van der Waals surface area (Å²) in [5.41, 5.74) is 0. The predicted molar refractivity (Wildman–Crippen MR) is 67.9 cm³/mol. The summed E-state index contributed by atoms with van der Waals surface area (Å²) in [5, 5.41) is 14.2. The van der Waals surface area contributed by atoms with E-state index in [1.54, 1.807) is 29.3 Å². The Morgan fingerprint density at radius 1 is 1.38 bits per heavy atom. The average molecular weight is 252 g/mol. The van der Waals surface area contributed by atoms with Crippen LogP contribution in [0.2, 0.25) is 0 Å². The van der Waals surface area contributed by atoms with Gasteiger partial charge in [-0.05, 0) is 19.1 Å². The lowest BCUT2D eigenvalue weighted by atomic mass is 10.5. The van der Waals surface area contributed by atoms with E-state index in [9.17, 15) is 0 Å². The van der Waals surface area contributed by atoms with Gasteiger partial charge in [-0.15, -0.1) is 10.2 Å². The molecular formula is C10H12N4S2. The molecule has 16 heavy (non-hydrogen) atoms. The van der Waals surface area contributed by atoms with Crippen molar-refractivity contribution >= 4 is 28.2 Å². The van der Waals surface area contributed by atoms with Crippen LogP contribution in [0.1, 0.15) is 11.9 Å². The van der Waals surface area contributed by atoms with Gasteiger partial charge in [0.1, 0.15) is 5.01 Å². The van der Waals surface area contributed by atoms with Crippen molar-refractivity contribution < 1.29 is 0 Å². The van der Waals surface area contributed by atoms with E-state index in [0.717, 1.165) is 27.5 Å². The molecule has 0 saturated carbocycles. The molecule has 0 aromatic carbocycles. The van der Waals surface area contributed by atoms with E-state index in [1.807, 2.05) is 25.1 Å². The Balaban J connectivity index is 1.89. The lowest BCUT2D eigenvalue weighted by Crippen LogP contribution is -1.94. The number of nitrogens with one attached hydrogen (secondary N) is 1. The van der Waals surface area contributed by atoms with Gasteiger partial charge in [0, 0.05) is 12.7 Å². The van der Waals surface area contributed by atoms with Crippen molar-refractivity contribution in [2.45, 2.75) is 17.7 Å². The molecule has 2 heterocycles. The monoisotopic (exact) mass is 252 g/mol. The molecule has 0 spiro atoms. The van der Waals surface area contributed by atoms with Crippen LogP contribution >= 0.6 is 23.1 Å². The second-order valence-electron chi connectivity index (χ2n) is 2.99. The topological polar surface area (TPSA) is 50.7 Å². The molecule has 0 aliphatic heterocycles. The largest absolute Gasteiger partial charge is 0.360 e. The fraction of sp³-hybridized carbons (Fsp3) is 0.300. The zero-order chi connectivity index (χ0) is 11.2. The Hall–Kier alpha value is -1.14. The first-order chi connectivity index (χ1) is 7.88. The summed E-state index contributed by atoms with van der Waals surface area (Å²) in [6, 6.07) is 5.90. The van der Waals surface area contributed by atoms with Crippen molar-refractivity contribution in [3.63, 3.8) is 0 Å². The van der Waals surface area contributed by atoms with Crippen LogP contribution in [0, 0.1) is 0 Å². The van der Waals surface area contributed by atoms with Crippen molar-refractivity contribution in [2.75, 3.05) is 11.9 Å². The fourth-order valence-electron chi connectivity index (χ4n) is 1.10. The van der Waals surface area contributed by atoms with Crippen LogP contribution in [0.3, 0.4) is 0 Å². The van der Waals surface area contributed by atoms with E-state index in [-0.39, 0.29) is 0 Å². The standard InChI is InChI=1S/C10H12N4S2/c1-2-11-10-14-13-9(16-10)7-15-8-5-3-4-6-12-8/h3-6H,2,7H2,1H3,(H,11,14). The third-order valence-electron chi connectivity index (χ3n) is 1.78. The number of rotatable bonds is 5. The Morgan fingerprint density at radius 2 is 2.31 bits per heavy atom. The first-order valence-corrected chi connectivity index (χ1v) is 6.79. The maximum atomic E-state index is 4.24. The Labute approximate surface area is 103 Å². The number of hydrogen-bond donors (Lipinski definition) is 1. The van der Waals surface area contributed by atoms with Crippen molar-refractivity contribution in [1.29, 1.82) is 0 Å². The van der Waals surface area contributed by atoms with Crippen LogP contribution in [-0.2, 0) is 5.75 Å². The summed E-state index contributed by atoms with van der Waals surface area (Å²) in [6.45, 7) is 2.92. The van der Waals surface area contributed by atoms with E-state index in [0.29, 0.717) is 0 Å². The van der Waals surface area contributed by atoms with Crippen LogP contribution in [0.4, 0.5) is 5.13 Å². The summed E-state index contributed by atoms with van der Waals surface area (Å²) in [6.07, 6.45) is 1.80. The second-order valence-corrected chi connectivity index (χ2v) is 5.05. The lowest BCUT2D eigenvalue weighted by molar-refractivity contribution is 1.02. The number of aromatic nitrogens is 3. The number of hydrogen-bond acceptors (Lipinski definition) is 6. The van der Waals surface area contributed by atoms with Crippen LogP contribution in [0.15, 0.2) is 29.4 Å². The number of nitrogens with zero attached hydrogens (tertiary/aromatic N) is 3. The highest BCUT2D eigenvalue weighted by molar-refractivity contribution is 7.98. The molecule has 0 bridgehead atoms. The van der Waals surface area contributed by atoms with Gasteiger partial charge in [-0.2, -0.15) is 0 Å². The first-order valence-electron chi connectivity index (χ1n) is 4.98. The highest BCUT2D eigenvalue weighted by Crippen LogP contribution is 2.23. The lowest BCUT2D eigenvalue weighted by Gasteiger charge is -1.95. The minimum atomic E-state index is 0.820. The molecule has 0 aliphatic rings. The summed E-state index contributed by atoms with van der Waals surface area (Å²) >= 11 is 3.27. The molecule has 0 radical (unpaired) electrons. The number of anilines is 1. The van der Waals surface area contributed by atoms with E-state index >= 15 is 0 Å². The normalized spacial score (nSPS) is 10.3. The van der Waals surface area contributed by atoms with E-state index in [1.165, 1.54) is 0 Å². The summed E-state index contributed by atoms with van der Waals surface area (Å²) in [4.78, 5) is 4.24. The molecule has 0 atom stereocenters. The van der Waals surface area contributed by atoms with Gasteiger partial charge in [-0.1, -0.05) is 29.2 Å². The predicted octanol–water partition coefficient (Wildman–Crippen LogP) is 2.66. The summed E-state index contributed by atoms with van der Waals surface area (Å²) in [7, 11) is 0. The number of thioether (sulfide) groups is 1. The van der Waals surface area contributed by atoms with Crippen molar-refractivity contribution in [1.82, 2.24) is 15.2 Å². The van der Waals surface area contributed by atoms with Crippen LogP contribution < -0.4 is 5.32 Å². The van der Waals surface area contributed by atoms with Gasteiger partial charge >= 0.3 is 0 Å². The highest BCUT2D eigenvalue weighted by Gasteiger charge is 2.03. The molecule has 0 saturated heterocycles. The first kappa shape index (κ1) is 11.3. The highest BCUT2D eigenvalue weighted by atomic mass is 32.2. The van der Waals surface area contributed by atoms with Gasteiger partial charge < -0.3 is 5.32 Å². The molecule has 2 rings (SSSR count). The fourth-order valence-corrected chi connectivity index (χ4v) is 2.76. The molecule has 1 N–H and O–H groups in total. The second kappa shape index (κ2) is 5.81.